The molecule has 0 saturated heterocycles. The predicted molar refractivity (Wildman–Crippen MR) is 138 cm³/mol. The van der Waals surface area contributed by atoms with Crippen LogP contribution in [-0.2, 0) is 13.0 Å². The molecule has 0 unspecified atom stereocenters. The smallest absolute Gasteiger partial charge is 0.264 e. The fourth-order valence-corrected chi connectivity index (χ4v) is 4.53. The Balaban J connectivity index is 1.60. The fraction of sp³-hybridized carbons (Fsp3) is 0.423. The van der Waals surface area contributed by atoms with Crippen LogP contribution in [0.4, 0.5) is 5.95 Å². The lowest BCUT2D eigenvalue weighted by Crippen LogP contribution is -2.35. The summed E-state index contributed by atoms with van der Waals surface area (Å²) in [6.45, 7) is 6.82. The van der Waals surface area contributed by atoms with Crippen molar-refractivity contribution in [3.8, 4) is 17.2 Å². The first-order valence-electron chi connectivity index (χ1n) is 11.7. The second-order valence-electron chi connectivity index (χ2n) is 8.87. The number of anilines is 1. The maximum absolute atomic E-state index is 13.0. The Kier molecular flexibility index (Phi) is 7.14. The molecule has 186 valence electrons. The van der Waals surface area contributed by atoms with Gasteiger partial charge in [0.15, 0.2) is 11.5 Å². The summed E-state index contributed by atoms with van der Waals surface area (Å²) in [4.78, 5) is 29.6. The number of aromatic amines is 1. The van der Waals surface area contributed by atoms with Crippen LogP contribution in [0.3, 0.4) is 0 Å². The number of ether oxygens (including phenoxy) is 3. The van der Waals surface area contributed by atoms with Gasteiger partial charge < -0.3 is 24.0 Å². The SMILES string of the molecule is COc1cc2nc(N(C)Cc3cccc(CC4=NCCN4C(C)C)c3)[nH]c(=O)c2c(OC)c1OC. The summed E-state index contributed by atoms with van der Waals surface area (Å²) in [5, 5.41) is 0.316. The van der Waals surface area contributed by atoms with E-state index in [1.54, 1.807) is 6.07 Å². The van der Waals surface area contributed by atoms with Gasteiger partial charge in [0.25, 0.3) is 5.56 Å². The van der Waals surface area contributed by atoms with E-state index in [0.717, 1.165) is 30.9 Å². The van der Waals surface area contributed by atoms with Crippen molar-refractivity contribution < 1.29 is 14.2 Å². The summed E-state index contributed by atoms with van der Waals surface area (Å²) < 4.78 is 16.3. The Bertz CT molecular complexity index is 1300. The predicted octanol–water partition coefficient (Wildman–Crippen LogP) is 3.25. The molecule has 9 nitrogen and oxygen atoms in total. The normalized spacial score (nSPS) is 13.3. The molecule has 0 amide bonds. The van der Waals surface area contributed by atoms with E-state index in [1.165, 1.54) is 26.9 Å². The number of nitrogens with one attached hydrogen (secondary N) is 1. The zero-order valence-corrected chi connectivity index (χ0v) is 21.2. The minimum Gasteiger partial charge on any atom is -0.493 e. The molecule has 1 N–H and O–H groups in total. The molecule has 0 spiro atoms. The van der Waals surface area contributed by atoms with Gasteiger partial charge in [0, 0.05) is 38.7 Å². The third kappa shape index (κ3) is 4.89. The molecule has 0 saturated carbocycles. The van der Waals surface area contributed by atoms with E-state index in [4.69, 9.17) is 19.2 Å². The Morgan fingerprint density at radius 2 is 1.83 bits per heavy atom. The first-order chi connectivity index (χ1) is 16.9. The van der Waals surface area contributed by atoms with Gasteiger partial charge in [-0.3, -0.25) is 14.8 Å². The van der Waals surface area contributed by atoms with E-state index in [0.29, 0.717) is 46.7 Å². The standard InChI is InChI=1S/C26H33N5O4/c1-16(2)31-11-10-27-21(31)13-17-8-7-9-18(12-17)15-30(3)26-28-19-14-20(33-4)23(34-5)24(35-6)22(19)25(32)29-26/h7-9,12,14,16H,10-11,13,15H2,1-6H3,(H,28,29,32). The molecule has 1 aliphatic heterocycles. The average molecular weight is 480 g/mol. The van der Waals surface area contributed by atoms with Gasteiger partial charge in [-0.15, -0.1) is 0 Å². The van der Waals surface area contributed by atoms with Gasteiger partial charge in [-0.05, 0) is 25.0 Å². The van der Waals surface area contributed by atoms with E-state index < -0.39 is 0 Å². The van der Waals surface area contributed by atoms with Gasteiger partial charge in [0.1, 0.15) is 11.2 Å². The maximum Gasteiger partial charge on any atom is 0.264 e. The van der Waals surface area contributed by atoms with Gasteiger partial charge >= 0.3 is 0 Å². The summed E-state index contributed by atoms with van der Waals surface area (Å²) in [7, 11) is 6.43. The molecule has 0 radical (unpaired) electrons. The van der Waals surface area contributed by atoms with E-state index in [1.807, 2.05) is 11.9 Å². The van der Waals surface area contributed by atoms with Gasteiger partial charge in [-0.1, -0.05) is 24.3 Å². The summed E-state index contributed by atoms with van der Waals surface area (Å²) in [6.07, 6.45) is 0.808. The third-order valence-corrected chi connectivity index (χ3v) is 6.21. The van der Waals surface area contributed by atoms with Gasteiger partial charge in [0.2, 0.25) is 11.7 Å². The highest BCUT2D eigenvalue weighted by molar-refractivity contribution is 5.90. The molecule has 0 aliphatic carbocycles. The Morgan fingerprint density at radius 1 is 1.09 bits per heavy atom. The topological polar surface area (TPSA) is 92.3 Å². The number of nitrogens with zero attached hydrogens (tertiary/aromatic N) is 4. The average Bonchev–Trinajstić information content (AvgIpc) is 3.31. The lowest BCUT2D eigenvalue weighted by molar-refractivity contribution is 0.327. The molecule has 2 heterocycles. The molecule has 3 aromatic rings. The second kappa shape index (κ2) is 10.2. The van der Waals surface area contributed by atoms with Crippen molar-refractivity contribution in [1.29, 1.82) is 0 Å². The molecule has 0 atom stereocenters. The monoisotopic (exact) mass is 479 g/mol. The Morgan fingerprint density at radius 3 is 2.51 bits per heavy atom. The molecule has 0 bridgehead atoms. The van der Waals surface area contributed by atoms with Crippen molar-refractivity contribution in [3.63, 3.8) is 0 Å². The number of H-pyrrole nitrogens is 1. The highest BCUT2D eigenvalue weighted by atomic mass is 16.5. The largest absolute Gasteiger partial charge is 0.493 e. The molecular weight excluding hydrogens is 446 g/mol. The molecule has 0 fully saturated rings. The number of hydrogen-bond donors (Lipinski definition) is 1. The number of fused-ring (bicyclic) bond motifs is 1. The summed E-state index contributed by atoms with van der Waals surface area (Å²) >= 11 is 0. The van der Waals surface area contributed by atoms with Crippen LogP contribution in [0, 0.1) is 0 Å². The first-order valence-corrected chi connectivity index (χ1v) is 11.7. The molecule has 35 heavy (non-hydrogen) atoms. The number of rotatable bonds is 9. The van der Waals surface area contributed by atoms with E-state index in [-0.39, 0.29) is 5.56 Å². The van der Waals surface area contributed by atoms with Gasteiger partial charge in [-0.2, -0.15) is 0 Å². The summed E-state index contributed by atoms with van der Waals surface area (Å²) in [5.74, 6) is 2.69. The zero-order chi connectivity index (χ0) is 25.1. The Hall–Kier alpha value is -3.75. The minimum atomic E-state index is -0.309. The molecule has 9 heteroatoms. The minimum absolute atomic E-state index is 0.294. The number of aliphatic imine (C=N–C) groups is 1. The Labute approximate surface area is 205 Å². The summed E-state index contributed by atoms with van der Waals surface area (Å²) in [5.41, 5.74) is 2.49. The fourth-order valence-electron chi connectivity index (χ4n) is 4.53. The van der Waals surface area contributed by atoms with Crippen LogP contribution in [0.2, 0.25) is 0 Å². The second-order valence-corrected chi connectivity index (χ2v) is 8.87. The molecule has 4 rings (SSSR count). The van der Waals surface area contributed by atoms with Crippen molar-refractivity contribution in [2.75, 3.05) is 46.4 Å². The molecule has 1 aliphatic rings. The molecular formula is C26H33N5O4. The van der Waals surface area contributed by atoms with Crippen LogP contribution in [0.5, 0.6) is 17.2 Å². The quantitative estimate of drug-likeness (QED) is 0.504. The van der Waals surface area contributed by atoms with Gasteiger partial charge in [0.05, 0.1) is 33.4 Å². The van der Waals surface area contributed by atoms with Crippen LogP contribution < -0.4 is 24.7 Å². The highest BCUT2D eigenvalue weighted by Gasteiger charge is 2.22. The van der Waals surface area contributed by atoms with Crippen molar-refractivity contribution in [2.45, 2.75) is 32.9 Å². The van der Waals surface area contributed by atoms with Crippen molar-refractivity contribution in [3.05, 3.63) is 51.8 Å². The van der Waals surface area contributed by atoms with Crippen molar-refractivity contribution in [1.82, 2.24) is 14.9 Å². The van der Waals surface area contributed by atoms with E-state index in [2.05, 4.69) is 53.0 Å². The van der Waals surface area contributed by atoms with Crippen LogP contribution in [0.25, 0.3) is 10.9 Å². The van der Waals surface area contributed by atoms with Crippen LogP contribution in [0.1, 0.15) is 25.0 Å². The van der Waals surface area contributed by atoms with Crippen LogP contribution in [0.15, 0.2) is 40.1 Å². The van der Waals surface area contributed by atoms with Gasteiger partial charge in [-0.25, -0.2) is 4.98 Å². The number of aromatic nitrogens is 2. The number of methoxy groups -OCH3 is 3. The van der Waals surface area contributed by atoms with Crippen molar-refractivity contribution in [2.24, 2.45) is 4.99 Å². The maximum atomic E-state index is 13.0. The van der Waals surface area contributed by atoms with Crippen LogP contribution >= 0.6 is 0 Å². The lowest BCUT2D eigenvalue weighted by atomic mass is 10.1. The third-order valence-electron chi connectivity index (χ3n) is 6.21. The molecule has 1 aromatic heterocycles. The highest BCUT2D eigenvalue weighted by Crippen LogP contribution is 2.41. The number of hydrogen-bond acceptors (Lipinski definition) is 8. The first kappa shape index (κ1) is 24.4. The van der Waals surface area contributed by atoms with E-state index in [9.17, 15) is 4.79 Å². The van der Waals surface area contributed by atoms with Crippen molar-refractivity contribution >= 4 is 22.7 Å². The number of amidine groups is 1. The van der Waals surface area contributed by atoms with Crippen LogP contribution in [-0.4, -0.2) is 68.2 Å². The molecule has 2 aromatic carbocycles. The lowest BCUT2D eigenvalue weighted by Gasteiger charge is -2.25. The number of benzene rings is 2. The van der Waals surface area contributed by atoms with E-state index >= 15 is 0 Å². The summed E-state index contributed by atoms with van der Waals surface area (Å²) in [6, 6.07) is 10.6. The zero-order valence-electron chi connectivity index (χ0n) is 21.2.